The zero-order valence-corrected chi connectivity index (χ0v) is 21.6. The average molecular weight is 491 g/mol. The standard InChI is InChI=1S/C28H38N6O2/c1-35-25-19-23(20-26(21-25)36-2)27(33-17-15-32(16-18-33)24-11-7-4-8-12-24)28-29-30-31-34(28)14-13-22-9-5-3-6-10-22/h3,5-6,9-10,19-21,24,27H,4,7-8,11-18H2,1-2H3. The van der Waals surface area contributed by atoms with Gasteiger partial charge in [-0.3, -0.25) is 9.80 Å². The van der Waals surface area contributed by atoms with E-state index in [0.717, 1.165) is 68.1 Å². The molecule has 2 aromatic carbocycles. The summed E-state index contributed by atoms with van der Waals surface area (Å²) in [6.07, 6.45) is 7.69. The van der Waals surface area contributed by atoms with Crippen molar-refractivity contribution in [3.8, 4) is 11.5 Å². The van der Waals surface area contributed by atoms with Crippen LogP contribution >= 0.6 is 0 Å². The number of piperazine rings is 1. The molecule has 0 spiro atoms. The number of aryl methyl sites for hydroxylation is 2. The monoisotopic (exact) mass is 490 g/mol. The van der Waals surface area contributed by atoms with E-state index in [1.54, 1.807) is 14.2 Å². The Morgan fingerprint density at radius 2 is 1.58 bits per heavy atom. The van der Waals surface area contributed by atoms with Gasteiger partial charge in [-0.25, -0.2) is 4.68 Å². The lowest BCUT2D eigenvalue weighted by Crippen LogP contribution is -2.52. The maximum atomic E-state index is 5.62. The first-order valence-electron chi connectivity index (χ1n) is 13.3. The minimum atomic E-state index is -0.0757. The van der Waals surface area contributed by atoms with E-state index in [2.05, 4.69) is 61.7 Å². The molecule has 0 bridgehead atoms. The van der Waals surface area contributed by atoms with Crippen LogP contribution in [-0.2, 0) is 13.0 Å². The van der Waals surface area contributed by atoms with Crippen molar-refractivity contribution in [2.75, 3.05) is 40.4 Å². The molecule has 1 saturated heterocycles. The lowest BCUT2D eigenvalue weighted by atomic mass is 9.93. The van der Waals surface area contributed by atoms with E-state index in [4.69, 9.17) is 9.47 Å². The van der Waals surface area contributed by atoms with Gasteiger partial charge in [-0.05, 0) is 52.9 Å². The Kier molecular flexibility index (Phi) is 8.13. The van der Waals surface area contributed by atoms with Crippen LogP contribution in [0.25, 0.3) is 0 Å². The van der Waals surface area contributed by atoms with Gasteiger partial charge in [0.1, 0.15) is 11.5 Å². The van der Waals surface area contributed by atoms with Gasteiger partial charge in [-0.15, -0.1) is 5.10 Å². The molecule has 5 rings (SSSR count). The van der Waals surface area contributed by atoms with Crippen molar-refractivity contribution < 1.29 is 9.47 Å². The molecule has 36 heavy (non-hydrogen) atoms. The minimum Gasteiger partial charge on any atom is -0.497 e. The number of rotatable bonds is 9. The van der Waals surface area contributed by atoms with Gasteiger partial charge >= 0.3 is 0 Å². The van der Waals surface area contributed by atoms with E-state index in [0.29, 0.717) is 0 Å². The van der Waals surface area contributed by atoms with E-state index in [1.165, 1.54) is 37.7 Å². The van der Waals surface area contributed by atoms with Gasteiger partial charge in [0.25, 0.3) is 0 Å². The number of benzene rings is 2. The molecule has 8 nitrogen and oxygen atoms in total. The van der Waals surface area contributed by atoms with Gasteiger partial charge in [0.15, 0.2) is 5.82 Å². The first-order valence-corrected chi connectivity index (χ1v) is 13.3. The second-order valence-corrected chi connectivity index (χ2v) is 9.91. The van der Waals surface area contributed by atoms with Crippen molar-refractivity contribution in [2.45, 2.75) is 57.2 Å². The van der Waals surface area contributed by atoms with Gasteiger partial charge in [0.05, 0.1) is 20.3 Å². The maximum Gasteiger partial charge on any atom is 0.173 e. The minimum absolute atomic E-state index is 0.0757. The van der Waals surface area contributed by atoms with Gasteiger partial charge in [-0.2, -0.15) is 0 Å². The first kappa shape index (κ1) is 24.7. The molecule has 1 aliphatic heterocycles. The van der Waals surface area contributed by atoms with Gasteiger partial charge < -0.3 is 9.47 Å². The molecule has 0 amide bonds. The van der Waals surface area contributed by atoms with Crippen LogP contribution in [0.3, 0.4) is 0 Å². The Bertz CT molecular complexity index is 1070. The molecule has 1 aliphatic carbocycles. The molecule has 1 aromatic heterocycles. The normalized spacial score (nSPS) is 18.7. The third-order valence-electron chi connectivity index (χ3n) is 7.75. The number of methoxy groups -OCH3 is 2. The predicted octanol–water partition coefficient (Wildman–Crippen LogP) is 3.97. The SMILES string of the molecule is COc1cc(OC)cc(C(c2nnnn2CCc2ccccc2)N2CCN(C3CCCCC3)CC2)c1. The highest BCUT2D eigenvalue weighted by Gasteiger charge is 2.33. The number of aromatic nitrogens is 4. The lowest BCUT2D eigenvalue weighted by Gasteiger charge is -2.43. The smallest absolute Gasteiger partial charge is 0.173 e. The van der Waals surface area contributed by atoms with Crippen LogP contribution in [-0.4, -0.2) is 76.4 Å². The summed E-state index contributed by atoms with van der Waals surface area (Å²) in [7, 11) is 3.39. The average Bonchev–Trinajstić information content (AvgIpc) is 3.41. The topological polar surface area (TPSA) is 68.5 Å². The number of nitrogens with zero attached hydrogens (tertiary/aromatic N) is 6. The quantitative estimate of drug-likeness (QED) is 0.450. The number of hydrogen-bond acceptors (Lipinski definition) is 7. The summed E-state index contributed by atoms with van der Waals surface area (Å²) in [5.74, 6) is 2.42. The third kappa shape index (κ3) is 5.71. The predicted molar refractivity (Wildman–Crippen MR) is 139 cm³/mol. The van der Waals surface area contributed by atoms with E-state index in [-0.39, 0.29) is 6.04 Å². The third-order valence-corrected chi connectivity index (χ3v) is 7.75. The van der Waals surface area contributed by atoms with Crippen molar-refractivity contribution in [3.05, 3.63) is 65.5 Å². The van der Waals surface area contributed by atoms with Crippen molar-refractivity contribution >= 4 is 0 Å². The molecule has 8 heteroatoms. The fourth-order valence-electron chi connectivity index (χ4n) is 5.76. The Hall–Kier alpha value is -2.97. The van der Waals surface area contributed by atoms with Crippen LogP contribution in [0.1, 0.15) is 55.1 Å². The molecule has 1 saturated carbocycles. The Morgan fingerprint density at radius 1 is 0.889 bits per heavy atom. The summed E-state index contributed by atoms with van der Waals surface area (Å²) in [4.78, 5) is 5.23. The van der Waals surface area contributed by atoms with Crippen LogP contribution < -0.4 is 9.47 Å². The summed E-state index contributed by atoms with van der Waals surface area (Å²) in [6.45, 7) is 4.84. The van der Waals surface area contributed by atoms with Crippen LogP contribution in [0, 0.1) is 0 Å². The fraction of sp³-hybridized carbons (Fsp3) is 0.536. The number of tetrazole rings is 1. The fourth-order valence-corrected chi connectivity index (χ4v) is 5.76. The Labute approximate surface area is 214 Å². The summed E-state index contributed by atoms with van der Waals surface area (Å²) < 4.78 is 13.2. The van der Waals surface area contributed by atoms with E-state index in [9.17, 15) is 0 Å². The summed E-state index contributed by atoms with van der Waals surface area (Å²) in [5.41, 5.74) is 2.37. The summed E-state index contributed by atoms with van der Waals surface area (Å²) >= 11 is 0. The molecule has 3 aromatic rings. The van der Waals surface area contributed by atoms with Crippen LogP contribution in [0.4, 0.5) is 0 Å². The van der Waals surface area contributed by atoms with Crippen LogP contribution in [0.15, 0.2) is 48.5 Å². The van der Waals surface area contributed by atoms with Crippen LogP contribution in [0.2, 0.25) is 0 Å². The highest BCUT2D eigenvalue weighted by molar-refractivity contribution is 5.41. The first-order chi connectivity index (χ1) is 17.7. The molecular weight excluding hydrogens is 452 g/mol. The molecule has 0 radical (unpaired) electrons. The number of hydrogen-bond donors (Lipinski definition) is 0. The van der Waals surface area contributed by atoms with E-state index in [1.807, 2.05) is 16.8 Å². The van der Waals surface area contributed by atoms with E-state index < -0.39 is 0 Å². The van der Waals surface area contributed by atoms with Crippen molar-refractivity contribution in [2.24, 2.45) is 0 Å². The largest absolute Gasteiger partial charge is 0.497 e. The molecule has 1 unspecified atom stereocenters. The second kappa shape index (κ2) is 11.8. The molecule has 2 aliphatic rings. The van der Waals surface area contributed by atoms with Gasteiger partial charge in [0.2, 0.25) is 0 Å². The second-order valence-electron chi connectivity index (χ2n) is 9.91. The molecule has 0 N–H and O–H groups in total. The summed E-state index contributed by atoms with van der Waals surface area (Å²) in [5, 5.41) is 13.1. The Balaban J connectivity index is 1.41. The van der Waals surface area contributed by atoms with Crippen molar-refractivity contribution in [3.63, 3.8) is 0 Å². The molecule has 2 fully saturated rings. The van der Waals surface area contributed by atoms with Crippen LogP contribution in [0.5, 0.6) is 11.5 Å². The molecule has 1 atom stereocenters. The Morgan fingerprint density at radius 3 is 2.25 bits per heavy atom. The van der Waals surface area contributed by atoms with Crippen molar-refractivity contribution in [1.29, 1.82) is 0 Å². The summed E-state index contributed by atoms with van der Waals surface area (Å²) in [6, 6.07) is 17.3. The highest BCUT2D eigenvalue weighted by Crippen LogP contribution is 2.34. The molecule has 192 valence electrons. The number of ether oxygens (including phenoxy) is 2. The molecular formula is C28H38N6O2. The van der Waals surface area contributed by atoms with Crippen molar-refractivity contribution in [1.82, 2.24) is 30.0 Å². The van der Waals surface area contributed by atoms with E-state index >= 15 is 0 Å². The molecule has 2 heterocycles. The lowest BCUT2D eigenvalue weighted by molar-refractivity contribution is 0.0618. The zero-order chi connectivity index (χ0) is 24.7. The highest BCUT2D eigenvalue weighted by atomic mass is 16.5. The maximum absolute atomic E-state index is 5.62. The van der Waals surface area contributed by atoms with Gasteiger partial charge in [0, 0.05) is 44.8 Å². The van der Waals surface area contributed by atoms with Gasteiger partial charge in [-0.1, -0.05) is 49.6 Å². The zero-order valence-electron chi connectivity index (χ0n) is 21.6.